The first-order chi connectivity index (χ1) is 11.8. The van der Waals surface area contributed by atoms with E-state index in [4.69, 9.17) is 9.47 Å². The fourth-order valence-corrected chi connectivity index (χ4v) is 4.28. The number of benzene rings is 1. The first-order valence-corrected chi connectivity index (χ1v) is 8.79. The highest BCUT2D eigenvalue weighted by Crippen LogP contribution is 2.46. The molecule has 2 aliphatic rings. The molecule has 1 aromatic rings. The third-order valence-corrected chi connectivity index (χ3v) is 5.34. The normalized spacial score (nSPS) is 27.6. The third-order valence-electron chi connectivity index (χ3n) is 5.34. The van der Waals surface area contributed by atoms with Gasteiger partial charge in [0.2, 0.25) is 0 Å². The number of carbonyl (C=O) groups is 3. The van der Waals surface area contributed by atoms with Gasteiger partial charge >= 0.3 is 11.9 Å². The third kappa shape index (κ3) is 2.96. The Morgan fingerprint density at radius 3 is 2.72 bits per heavy atom. The van der Waals surface area contributed by atoms with Crippen LogP contribution in [0.5, 0.6) is 0 Å². The van der Waals surface area contributed by atoms with Crippen LogP contribution in [0.3, 0.4) is 0 Å². The van der Waals surface area contributed by atoms with Crippen molar-refractivity contribution in [3.8, 4) is 0 Å². The highest BCUT2D eigenvalue weighted by Gasteiger charge is 2.58. The van der Waals surface area contributed by atoms with Crippen LogP contribution < -0.4 is 0 Å². The van der Waals surface area contributed by atoms with Gasteiger partial charge in [0.15, 0.2) is 11.7 Å². The summed E-state index contributed by atoms with van der Waals surface area (Å²) < 4.78 is 10.5. The molecule has 0 spiro atoms. The van der Waals surface area contributed by atoms with Crippen molar-refractivity contribution in [1.29, 1.82) is 0 Å². The summed E-state index contributed by atoms with van der Waals surface area (Å²) in [4.78, 5) is 37.8. The number of cyclic esters (lactones) is 1. The summed E-state index contributed by atoms with van der Waals surface area (Å²) in [5.41, 5.74) is 1.97. The van der Waals surface area contributed by atoms with Gasteiger partial charge in [-0.1, -0.05) is 23.8 Å². The summed E-state index contributed by atoms with van der Waals surface area (Å²) in [6.45, 7) is 7.43. The Balaban J connectivity index is 1.98. The van der Waals surface area contributed by atoms with Gasteiger partial charge in [-0.05, 0) is 46.1 Å². The number of ether oxygens (including phenoxy) is 2. The van der Waals surface area contributed by atoms with Crippen molar-refractivity contribution in [2.75, 3.05) is 6.61 Å². The van der Waals surface area contributed by atoms with Crippen LogP contribution in [0.4, 0.5) is 0 Å². The molecule has 5 nitrogen and oxygen atoms in total. The minimum Gasteiger partial charge on any atom is -0.465 e. The van der Waals surface area contributed by atoms with Crippen molar-refractivity contribution in [2.24, 2.45) is 17.8 Å². The Labute approximate surface area is 147 Å². The molecule has 1 saturated heterocycles. The molecule has 1 aliphatic carbocycles. The summed E-state index contributed by atoms with van der Waals surface area (Å²) in [5, 5.41) is 0. The number of esters is 2. The van der Waals surface area contributed by atoms with Crippen molar-refractivity contribution >= 4 is 17.7 Å². The van der Waals surface area contributed by atoms with Crippen LogP contribution in [0.25, 0.3) is 0 Å². The van der Waals surface area contributed by atoms with Gasteiger partial charge in [0.1, 0.15) is 5.60 Å². The number of Topliss-reactive ketones (excluding diaryl/α,β-unsaturated/α-hetero) is 1. The average molecular weight is 344 g/mol. The standard InChI is InChI=1S/C20H24O5/c1-5-24-18(22)15-16(20(3,4)25-19(15)23)14-9-7-12-10-11(2)6-8-13(12)17(14)21/h6,8,10,14-16H,5,7,9H2,1-4H3/t14-,15-,16-/m1/s1. The second-order valence-corrected chi connectivity index (χ2v) is 7.45. The minimum atomic E-state index is -1.03. The Bertz CT molecular complexity index is 734. The van der Waals surface area contributed by atoms with E-state index in [0.29, 0.717) is 12.0 Å². The molecule has 0 unspecified atom stereocenters. The Hall–Kier alpha value is -2.17. The topological polar surface area (TPSA) is 69.7 Å². The smallest absolute Gasteiger partial charge is 0.321 e. The fourth-order valence-electron chi connectivity index (χ4n) is 4.28. The molecule has 1 aliphatic heterocycles. The predicted molar refractivity (Wildman–Crippen MR) is 91.1 cm³/mol. The maximum Gasteiger partial charge on any atom is 0.321 e. The fraction of sp³-hybridized carbons (Fsp3) is 0.550. The molecule has 0 amide bonds. The van der Waals surface area contributed by atoms with Gasteiger partial charge in [0.05, 0.1) is 6.61 Å². The summed E-state index contributed by atoms with van der Waals surface area (Å²) in [5.74, 6) is -3.16. The molecule has 0 aromatic heterocycles. The summed E-state index contributed by atoms with van der Waals surface area (Å²) in [6, 6.07) is 5.81. The second kappa shape index (κ2) is 6.28. The van der Waals surface area contributed by atoms with E-state index in [1.165, 1.54) is 0 Å². The molecule has 5 heteroatoms. The van der Waals surface area contributed by atoms with Gasteiger partial charge in [-0.15, -0.1) is 0 Å². The summed E-state index contributed by atoms with van der Waals surface area (Å²) in [6.07, 6.45) is 1.36. The van der Waals surface area contributed by atoms with Crippen LogP contribution in [0.15, 0.2) is 18.2 Å². The molecular formula is C20H24O5. The van der Waals surface area contributed by atoms with Crippen LogP contribution in [0.2, 0.25) is 0 Å². The molecule has 1 heterocycles. The van der Waals surface area contributed by atoms with E-state index < -0.39 is 35.3 Å². The van der Waals surface area contributed by atoms with Gasteiger partial charge < -0.3 is 9.47 Å². The van der Waals surface area contributed by atoms with Crippen molar-refractivity contribution in [3.05, 3.63) is 34.9 Å². The van der Waals surface area contributed by atoms with E-state index in [-0.39, 0.29) is 12.4 Å². The largest absolute Gasteiger partial charge is 0.465 e. The van der Waals surface area contributed by atoms with Crippen LogP contribution in [0, 0.1) is 24.7 Å². The lowest BCUT2D eigenvalue weighted by atomic mass is 9.67. The Morgan fingerprint density at radius 2 is 2.04 bits per heavy atom. The first-order valence-electron chi connectivity index (χ1n) is 8.79. The van der Waals surface area contributed by atoms with E-state index in [0.717, 1.165) is 17.5 Å². The van der Waals surface area contributed by atoms with Gasteiger partial charge in [0.25, 0.3) is 0 Å². The van der Waals surface area contributed by atoms with E-state index in [9.17, 15) is 14.4 Å². The van der Waals surface area contributed by atoms with Gasteiger partial charge in [0, 0.05) is 17.4 Å². The number of hydrogen-bond acceptors (Lipinski definition) is 5. The number of aryl methyl sites for hydroxylation is 2. The quantitative estimate of drug-likeness (QED) is 0.623. The van der Waals surface area contributed by atoms with Gasteiger partial charge in [-0.3, -0.25) is 14.4 Å². The van der Waals surface area contributed by atoms with Crippen LogP contribution in [-0.2, 0) is 25.5 Å². The molecular weight excluding hydrogens is 320 g/mol. The van der Waals surface area contributed by atoms with Crippen molar-refractivity contribution < 1.29 is 23.9 Å². The lowest BCUT2D eigenvalue weighted by molar-refractivity contribution is -0.157. The van der Waals surface area contributed by atoms with E-state index in [1.54, 1.807) is 20.8 Å². The molecule has 0 bridgehead atoms. The lowest BCUT2D eigenvalue weighted by Crippen LogP contribution is -2.43. The molecule has 1 aromatic carbocycles. The van der Waals surface area contributed by atoms with Crippen molar-refractivity contribution in [1.82, 2.24) is 0 Å². The van der Waals surface area contributed by atoms with Gasteiger partial charge in [-0.25, -0.2) is 0 Å². The van der Waals surface area contributed by atoms with Gasteiger partial charge in [-0.2, -0.15) is 0 Å². The molecule has 1 fully saturated rings. The van der Waals surface area contributed by atoms with E-state index in [2.05, 4.69) is 0 Å². The Kier molecular flexibility index (Phi) is 4.43. The average Bonchev–Trinajstić information content (AvgIpc) is 2.76. The maximum atomic E-state index is 13.1. The zero-order valence-corrected chi connectivity index (χ0v) is 15.1. The Morgan fingerprint density at radius 1 is 1.32 bits per heavy atom. The minimum absolute atomic E-state index is 0.00748. The highest BCUT2D eigenvalue weighted by molar-refractivity contribution is 6.03. The number of carbonyl (C=O) groups excluding carboxylic acids is 3. The number of ketones is 1. The van der Waals surface area contributed by atoms with E-state index >= 15 is 0 Å². The van der Waals surface area contributed by atoms with Crippen molar-refractivity contribution in [3.63, 3.8) is 0 Å². The molecule has 0 radical (unpaired) electrons. The zero-order valence-electron chi connectivity index (χ0n) is 15.1. The highest BCUT2D eigenvalue weighted by atomic mass is 16.6. The molecule has 0 N–H and O–H groups in total. The molecule has 25 heavy (non-hydrogen) atoms. The van der Waals surface area contributed by atoms with Crippen molar-refractivity contribution in [2.45, 2.75) is 46.1 Å². The first kappa shape index (κ1) is 17.6. The van der Waals surface area contributed by atoms with Crippen LogP contribution in [0.1, 0.15) is 48.7 Å². The molecule has 3 rings (SSSR count). The van der Waals surface area contributed by atoms with E-state index in [1.807, 2.05) is 25.1 Å². The zero-order chi connectivity index (χ0) is 18.4. The predicted octanol–water partition coefficient (Wildman–Crippen LogP) is 2.87. The molecule has 3 atom stereocenters. The second-order valence-electron chi connectivity index (χ2n) is 7.45. The number of rotatable bonds is 3. The summed E-state index contributed by atoms with van der Waals surface area (Å²) >= 11 is 0. The lowest BCUT2D eigenvalue weighted by Gasteiger charge is -2.35. The SMILES string of the molecule is CCOC(=O)[C@@H]1C(=O)OC(C)(C)[C@@H]1[C@H]1CCc2cc(C)ccc2C1=O. The molecule has 0 saturated carbocycles. The summed E-state index contributed by atoms with van der Waals surface area (Å²) in [7, 11) is 0. The number of fused-ring (bicyclic) bond motifs is 1. The monoisotopic (exact) mass is 344 g/mol. The van der Waals surface area contributed by atoms with Crippen LogP contribution in [-0.4, -0.2) is 29.9 Å². The number of hydrogen-bond donors (Lipinski definition) is 0. The molecule has 134 valence electrons. The maximum absolute atomic E-state index is 13.1. The van der Waals surface area contributed by atoms with Crippen LogP contribution >= 0.6 is 0 Å².